The summed E-state index contributed by atoms with van der Waals surface area (Å²) in [5.41, 5.74) is 2.57. The molecular weight excluding hydrogens is 472 g/mol. The molecule has 0 saturated carbocycles. The minimum absolute atomic E-state index is 0.135. The Balaban J connectivity index is 1.59. The number of nitrogens with zero attached hydrogens (tertiary/aromatic N) is 1. The van der Waals surface area contributed by atoms with Crippen molar-refractivity contribution in [2.24, 2.45) is 0 Å². The molecule has 0 aliphatic carbocycles. The molecule has 0 aliphatic heterocycles. The molecule has 9 heteroatoms. The number of nitrogens with one attached hydrogen (secondary N) is 3. The fourth-order valence-electron chi connectivity index (χ4n) is 3.81. The van der Waals surface area contributed by atoms with Crippen LogP contribution in [0.15, 0.2) is 79.0 Å². The van der Waals surface area contributed by atoms with Crippen LogP contribution in [0.5, 0.6) is 0 Å². The van der Waals surface area contributed by atoms with E-state index in [0.29, 0.717) is 24.3 Å². The lowest BCUT2D eigenvalue weighted by Gasteiger charge is -2.25. The molecule has 9 nitrogen and oxygen atoms in total. The van der Waals surface area contributed by atoms with Crippen molar-refractivity contribution in [3.05, 3.63) is 84.6 Å². The lowest BCUT2D eigenvalue weighted by molar-refractivity contribution is -0.138. The van der Waals surface area contributed by atoms with Crippen LogP contribution in [0, 0.1) is 0 Å². The molecule has 3 atom stereocenters. The maximum absolute atomic E-state index is 13.0. The van der Waals surface area contributed by atoms with Crippen molar-refractivity contribution in [1.29, 1.82) is 0 Å². The first-order valence-corrected chi connectivity index (χ1v) is 12.1. The van der Waals surface area contributed by atoms with Gasteiger partial charge >= 0.3 is 5.97 Å². The zero-order valence-electron chi connectivity index (χ0n) is 20.6. The first-order valence-electron chi connectivity index (χ1n) is 12.1. The number of amides is 2. The standard InChI is InChI=1S/C28H32N4O5/c1-19(33)27(32-25(34)11-7-17-30-24-10-5-6-16-29-24)28(37)31-23(18-26(35)36)22-14-12-21(13-15-22)20-8-3-2-4-9-20/h2-6,8-10,12-16,19,23,27,33H,7,11,17-18H2,1H3,(H,29,30)(H,31,37)(H,32,34)(H,35,36)/t19?,23?,27-/m0/s1. The van der Waals surface area contributed by atoms with Gasteiger partial charge in [0.25, 0.3) is 0 Å². The summed E-state index contributed by atoms with van der Waals surface area (Å²) in [6.45, 7) is 1.91. The Morgan fingerprint density at radius 3 is 2.19 bits per heavy atom. The number of aliphatic hydroxyl groups excluding tert-OH is 1. The van der Waals surface area contributed by atoms with Gasteiger partial charge in [0.2, 0.25) is 11.8 Å². The molecular formula is C28H32N4O5. The van der Waals surface area contributed by atoms with Gasteiger partial charge in [-0.15, -0.1) is 0 Å². The Bertz CT molecular complexity index is 1150. The van der Waals surface area contributed by atoms with Crippen LogP contribution in [0.1, 0.15) is 37.8 Å². The van der Waals surface area contributed by atoms with E-state index >= 15 is 0 Å². The van der Waals surface area contributed by atoms with Crippen LogP contribution in [0.25, 0.3) is 11.1 Å². The lowest BCUT2D eigenvalue weighted by Crippen LogP contribution is -2.53. The average Bonchev–Trinajstić information content (AvgIpc) is 2.90. The zero-order valence-corrected chi connectivity index (χ0v) is 20.6. The molecule has 3 aromatic rings. The molecule has 0 aliphatic rings. The maximum Gasteiger partial charge on any atom is 0.305 e. The number of aliphatic hydroxyl groups is 1. The molecule has 0 fully saturated rings. The Hall–Kier alpha value is -4.24. The summed E-state index contributed by atoms with van der Waals surface area (Å²) < 4.78 is 0. The fourth-order valence-corrected chi connectivity index (χ4v) is 3.81. The van der Waals surface area contributed by atoms with Crippen molar-refractivity contribution >= 4 is 23.6 Å². The predicted molar refractivity (Wildman–Crippen MR) is 141 cm³/mol. The lowest BCUT2D eigenvalue weighted by atomic mass is 9.98. The molecule has 0 spiro atoms. The van der Waals surface area contributed by atoms with Gasteiger partial charge in [-0.25, -0.2) is 4.98 Å². The first kappa shape index (κ1) is 27.3. The molecule has 1 aromatic heterocycles. The predicted octanol–water partition coefficient (Wildman–Crippen LogP) is 3.14. The van der Waals surface area contributed by atoms with Crippen LogP contribution in [-0.4, -0.2) is 51.7 Å². The van der Waals surface area contributed by atoms with Crippen molar-refractivity contribution in [1.82, 2.24) is 15.6 Å². The number of pyridine rings is 1. The highest BCUT2D eigenvalue weighted by Gasteiger charge is 2.28. The molecule has 0 saturated heterocycles. The Morgan fingerprint density at radius 2 is 1.57 bits per heavy atom. The van der Waals surface area contributed by atoms with E-state index in [1.165, 1.54) is 6.92 Å². The molecule has 194 valence electrons. The average molecular weight is 505 g/mol. The van der Waals surface area contributed by atoms with Gasteiger partial charge in [0.1, 0.15) is 11.9 Å². The van der Waals surface area contributed by atoms with Crippen LogP contribution in [-0.2, 0) is 14.4 Å². The quantitative estimate of drug-likeness (QED) is 0.225. The third kappa shape index (κ3) is 8.73. The zero-order chi connectivity index (χ0) is 26.6. The number of aromatic nitrogens is 1. The maximum atomic E-state index is 13.0. The SMILES string of the molecule is CC(O)[C@H](NC(=O)CCCNc1ccccn1)C(=O)NC(CC(=O)O)c1ccc(-c2ccccc2)cc1. The van der Waals surface area contributed by atoms with Gasteiger partial charge in [0.15, 0.2) is 0 Å². The van der Waals surface area contributed by atoms with Crippen LogP contribution < -0.4 is 16.0 Å². The van der Waals surface area contributed by atoms with Crippen molar-refractivity contribution in [3.8, 4) is 11.1 Å². The Labute approximate surface area is 216 Å². The molecule has 2 unspecified atom stereocenters. The molecule has 2 aromatic carbocycles. The highest BCUT2D eigenvalue weighted by Crippen LogP contribution is 2.23. The molecule has 37 heavy (non-hydrogen) atoms. The van der Waals surface area contributed by atoms with E-state index in [4.69, 9.17) is 0 Å². The molecule has 1 heterocycles. The van der Waals surface area contributed by atoms with Gasteiger partial charge in [-0.1, -0.05) is 60.7 Å². The molecule has 3 rings (SSSR count). The molecule has 0 bridgehead atoms. The fraction of sp³-hybridized carbons (Fsp3) is 0.286. The summed E-state index contributed by atoms with van der Waals surface area (Å²) in [6, 6.07) is 20.4. The number of carboxylic acid groups (broad SMARTS) is 1. The molecule has 0 radical (unpaired) electrons. The highest BCUT2D eigenvalue weighted by atomic mass is 16.4. The third-order valence-corrected chi connectivity index (χ3v) is 5.75. The number of benzene rings is 2. The summed E-state index contributed by atoms with van der Waals surface area (Å²) in [4.78, 5) is 41.1. The number of carbonyl (C=O) groups is 3. The monoisotopic (exact) mass is 504 g/mol. The third-order valence-electron chi connectivity index (χ3n) is 5.75. The van der Waals surface area contributed by atoms with Crippen molar-refractivity contribution in [2.45, 2.75) is 44.4 Å². The summed E-state index contributed by atoms with van der Waals surface area (Å²) in [6.07, 6.45) is 0.759. The second-order valence-electron chi connectivity index (χ2n) is 8.68. The molecule has 2 amide bonds. The van der Waals surface area contributed by atoms with E-state index in [1.807, 2.05) is 54.6 Å². The second-order valence-corrected chi connectivity index (χ2v) is 8.68. The van der Waals surface area contributed by atoms with Gasteiger partial charge in [0, 0.05) is 19.2 Å². The topological polar surface area (TPSA) is 141 Å². The smallest absolute Gasteiger partial charge is 0.305 e. The van der Waals surface area contributed by atoms with Crippen LogP contribution in [0.2, 0.25) is 0 Å². The normalized spacial score (nSPS) is 13.1. The van der Waals surface area contributed by atoms with E-state index in [1.54, 1.807) is 24.4 Å². The highest BCUT2D eigenvalue weighted by molar-refractivity contribution is 5.88. The Kier molecular flexibility index (Phi) is 10.2. The number of carboxylic acids is 1. The minimum atomic E-state index is -1.23. The number of anilines is 1. The van der Waals surface area contributed by atoms with Gasteiger partial charge in [-0.2, -0.15) is 0 Å². The van der Waals surface area contributed by atoms with Crippen molar-refractivity contribution in [3.63, 3.8) is 0 Å². The summed E-state index contributed by atoms with van der Waals surface area (Å²) in [7, 11) is 0. The second kappa shape index (κ2) is 13.7. The molecule has 5 N–H and O–H groups in total. The van der Waals surface area contributed by atoms with Crippen molar-refractivity contribution in [2.75, 3.05) is 11.9 Å². The minimum Gasteiger partial charge on any atom is -0.481 e. The number of carbonyl (C=O) groups excluding carboxylic acids is 2. The Morgan fingerprint density at radius 1 is 0.892 bits per heavy atom. The van der Waals surface area contributed by atoms with Gasteiger partial charge in [-0.3, -0.25) is 14.4 Å². The largest absolute Gasteiger partial charge is 0.481 e. The first-order chi connectivity index (χ1) is 17.8. The summed E-state index contributed by atoms with van der Waals surface area (Å²) in [5.74, 6) is -1.44. The number of rotatable bonds is 13. The van der Waals surface area contributed by atoms with E-state index in [-0.39, 0.29) is 12.8 Å². The van der Waals surface area contributed by atoms with E-state index < -0.39 is 36.0 Å². The number of hydrogen-bond acceptors (Lipinski definition) is 6. The van der Waals surface area contributed by atoms with E-state index in [2.05, 4.69) is 20.9 Å². The van der Waals surface area contributed by atoms with E-state index in [0.717, 1.165) is 11.1 Å². The van der Waals surface area contributed by atoms with Gasteiger partial charge in [-0.05, 0) is 42.2 Å². The van der Waals surface area contributed by atoms with E-state index in [9.17, 15) is 24.6 Å². The number of hydrogen-bond donors (Lipinski definition) is 5. The van der Waals surface area contributed by atoms with Crippen LogP contribution in [0.4, 0.5) is 5.82 Å². The van der Waals surface area contributed by atoms with Crippen LogP contribution in [0.3, 0.4) is 0 Å². The summed E-state index contributed by atoms with van der Waals surface area (Å²) >= 11 is 0. The van der Waals surface area contributed by atoms with Crippen molar-refractivity contribution < 1.29 is 24.6 Å². The van der Waals surface area contributed by atoms with Crippen LogP contribution >= 0.6 is 0 Å². The van der Waals surface area contributed by atoms with Gasteiger partial charge in [0.05, 0.1) is 18.6 Å². The summed E-state index contributed by atoms with van der Waals surface area (Å²) in [5, 5.41) is 27.9. The number of aliphatic carboxylic acids is 1. The van der Waals surface area contributed by atoms with Gasteiger partial charge < -0.3 is 26.2 Å².